The van der Waals surface area contributed by atoms with Crippen molar-refractivity contribution in [1.29, 1.82) is 0 Å². The summed E-state index contributed by atoms with van der Waals surface area (Å²) in [6.07, 6.45) is 1.93. The van der Waals surface area contributed by atoms with Gasteiger partial charge in [0.2, 0.25) is 10.0 Å². The van der Waals surface area contributed by atoms with E-state index in [-0.39, 0.29) is 5.92 Å². The molecular weight excluding hydrogens is 484 g/mol. The third kappa shape index (κ3) is 6.53. The fourth-order valence-electron chi connectivity index (χ4n) is 5.01. The standard InChI is InChI=1S/C30H40N2O4S/c1-6-29(24-14-20-28(36-4)21-15-24)30(33,25-12-10-9-11-13-25)26-16-18-27(19-17-26)32(37(5,34)35)23-22-31(7-2)8-3/h9-21,29,33H,6-8,22-23H2,1-5H3. The maximum absolute atomic E-state index is 12.7. The van der Waals surface area contributed by atoms with Gasteiger partial charge in [-0.3, -0.25) is 4.31 Å². The minimum atomic E-state index is -3.47. The van der Waals surface area contributed by atoms with E-state index >= 15 is 0 Å². The van der Waals surface area contributed by atoms with E-state index < -0.39 is 15.6 Å². The summed E-state index contributed by atoms with van der Waals surface area (Å²) in [6, 6.07) is 24.8. The molecule has 0 spiro atoms. The molecule has 0 aliphatic heterocycles. The van der Waals surface area contributed by atoms with Crippen molar-refractivity contribution in [3.8, 4) is 5.75 Å². The molecule has 2 atom stereocenters. The van der Waals surface area contributed by atoms with Gasteiger partial charge in [-0.15, -0.1) is 0 Å². The number of ether oxygens (including phenoxy) is 1. The van der Waals surface area contributed by atoms with Gasteiger partial charge in [0.05, 0.1) is 19.1 Å². The fraction of sp³-hybridized carbons (Fsp3) is 0.400. The quantitative estimate of drug-likeness (QED) is 0.331. The van der Waals surface area contributed by atoms with E-state index in [9.17, 15) is 13.5 Å². The molecule has 3 aromatic rings. The molecule has 0 saturated heterocycles. The van der Waals surface area contributed by atoms with E-state index in [1.54, 1.807) is 19.2 Å². The van der Waals surface area contributed by atoms with Gasteiger partial charge in [0.1, 0.15) is 11.4 Å². The summed E-state index contributed by atoms with van der Waals surface area (Å²) in [7, 11) is -1.83. The normalized spacial score (nSPS) is 14.2. The van der Waals surface area contributed by atoms with Gasteiger partial charge in [-0.05, 0) is 60.5 Å². The molecule has 0 aromatic heterocycles. The molecule has 0 bridgehead atoms. The van der Waals surface area contributed by atoms with Crippen LogP contribution in [0.1, 0.15) is 49.8 Å². The van der Waals surface area contributed by atoms with Gasteiger partial charge in [0, 0.05) is 19.0 Å². The first-order valence-electron chi connectivity index (χ1n) is 12.9. The maximum atomic E-state index is 12.7. The van der Waals surface area contributed by atoms with Gasteiger partial charge in [0.25, 0.3) is 0 Å². The Morgan fingerprint density at radius 1 is 0.838 bits per heavy atom. The molecule has 0 fully saturated rings. The number of methoxy groups -OCH3 is 1. The summed E-state index contributed by atoms with van der Waals surface area (Å²) in [5, 5.41) is 12.5. The second-order valence-corrected chi connectivity index (χ2v) is 11.2. The number of aliphatic hydroxyl groups is 1. The van der Waals surface area contributed by atoms with E-state index in [1.165, 1.54) is 10.6 Å². The number of likely N-dealkylation sites (N-methyl/N-ethyl adjacent to an activating group) is 1. The van der Waals surface area contributed by atoms with Crippen LogP contribution in [-0.2, 0) is 15.6 Å². The first-order valence-corrected chi connectivity index (χ1v) is 14.8. The predicted octanol–water partition coefficient (Wildman–Crippen LogP) is 5.23. The average Bonchev–Trinajstić information content (AvgIpc) is 2.92. The minimum absolute atomic E-state index is 0.236. The zero-order valence-electron chi connectivity index (χ0n) is 22.6. The minimum Gasteiger partial charge on any atom is -0.497 e. The summed E-state index contributed by atoms with van der Waals surface area (Å²) in [5.74, 6) is 0.525. The molecule has 7 heteroatoms. The molecule has 6 nitrogen and oxygen atoms in total. The maximum Gasteiger partial charge on any atom is 0.232 e. The molecule has 1 N–H and O–H groups in total. The molecule has 3 aromatic carbocycles. The van der Waals surface area contributed by atoms with Gasteiger partial charge in [-0.1, -0.05) is 75.4 Å². The highest BCUT2D eigenvalue weighted by Crippen LogP contribution is 2.45. The third-order valence-electron chi connectivity index (χ3n) is 7.15. The first kappa shape index (κ1) is 28.7. The summed E-state index contributed by atoms with van der Waals surface area (Å²) in [6.45, 7) is 8.94. The molecule has 37 heavy (non-hydrogen) atoms. The molecule has 0 aliphatic rings. The van der Waals surface area contributed by atoms with Crippen molar-refractivity contribution in [3.63, 3.8) is 0 Å². The molecular formula is C30H40N2O4S. The Hall–Kier alpha value is -2.87. The second-order valence-electron chi connectivity index (χ2n) is 9.28. The molecule has 0 saturated carbocycles. The number of hydrogen-bond donors (Lipinski definition) is 1. The van der Waals surface area contributed by atoms with Crippen molar-refractivity contribution in [1.82, 2.24) is 4.90 Å². The Morgan fingerprint density at radius 3 is 1.89 bits per heavy atom. The van der Waals surface area contributed by atoms with Crippen molar-refractivity contribution in [2.75, 3.05) is 43.8 Å². The zero-order chi connectivity index (χ0) is 27.1. The SMILES string of the molecule is CCC(c1ccc(OC)cc1)C(O)(c1ccccc1)c1ccc(N(CCN(CC)CC)S(C)(=O)=O)cc1. The van der Waals surface area contributed by atoms with E-state index in [0.29, 0.717) is 30.8 Å². The summed E-state index contributed by atoms with van der Waals surface area (Å²) < 4.78 is 32.1. The Morgan fingerprint density at radius 2 is 1.41 bits per heavy atom. The molecule has 200 valence electrons. The lowest BCUT2D eigenvalue weighted by atomic mass is 9.72. The van der Waals surface area contributed by atoms with Crippen molar-refractivity contribution in [3.05, 3.63) is 95.6 Å². The van der Waals surface area contributed by atoms with Crippen LogP contribution in [0.2, 0.25) is 0 Å². The molecule has 0 aliphatic carbocycles. The van der Waals surface area contributed by atoms with E-state index in [0.717, 1.165) is 30.0 Å². The van der Waals surface area contributed by atoms with E-state index in [2.05, 4.69) is 25.7 Å². The number of hydrogen-bond acceptors (Lipinski definition) is 5. The first-order chi connectivity index (χ1) is 17.7. The Balaban J connectivity index is 2.05. The largest absolute Gasteiger partial charge is 0.497 e. The topological polar surface area (TPSA) is 70.1 Å². The summed E-state index contributed by atoms with van der Waals surface area (Å²) in [4.78, 5) is 2.20. The van der Waals surface area contributed by atoms with Gasteiger partial charge in [0.15, 0.2) is 0 Å². The molecule has 0 heterocycles. The number of anilines is 1. The Bertz CT molecular complexity index is 1210. The van der Waals surface area contributed by atoms with Crippen LogP contribution in [0.5, 0.6) is 5.75 Å². The highest BCUT2D eigenvalue weighted by atomic mass is 32.2. The van der Waals surface area contributed by atoms with Gasteiger partial charge in [-0.25, -0.2) is 8.42 Å². The lowest BCUT2D eigenvalue weighted by Crippen LogP contribution is -2.38. The van der Waals surface area contributed by atoms with E-state index in [1.807, 2.05) is 66.7 Å². The van der Waals surface area contributed by atoms with Crippen LogP contribution < -0.4 is 9.04 Å². The molecule has 0 amide bonds. The molecule has 2 unspecified atom stereocenters. The van der Waals surface area contributed by atoms with Gasteiger partial charge in [-0.2, -0.15) is 0 Å². The van der Waals surface area contributed by atoms with Crippen LogP contribution >= 0.6 is 0 Å². The van der Waals surface area contributed by atoms with Crippen molar-refractivity contribution in [2.45, 2.75) is 38.7 Å². The van der Waals surface area contributed by atoms with Crippen LogP contribution in [0.3, 0.4) is 0 Å². The Labute approximate surface area is 222 Å². The van der Waals surface area contributed by atoms with Crippen LogP contribution in [0.15, 0.2) is 78.9 Å². The van der Waals surface area contributed by atoms with Crippen LogP contribution in [0.4, 0.5) is 5.69 Å². The monoisotopic (exact) mass is 524 g/mol. The van der Waals surface area contributed by atoms with Crippen LogP contribution in [0.25, 0.3) is 0 Å². The van der Waals surface area contributed by atoms with Crippen LogP contribution in [0, 0.1) is 0 Å². The number of sulfonamides is 1. The van der Waals surface area contributed by atoms with Crippen LogP contribution in [-0.4, -0.2) is 58.0 Å². The number of benzene rings is 3. The Kier molecular flexibility index (Phi) is 9.76. The number of nitrogens with zero attached hydrogens (tertiary/aromatic N) is 2. The lowest BCUT2D eigenvalue weighted by Gasteiger charge is -2.38. The highest BCUT2D eigenvalue weighted by molar-refractivity contribution is 7.92. The molecule has 3 rings (SSSR count). The third-order valence-corrected chi connectivity index (χ3v) is 8.35. The highest BCUT2D eigenvalue weighted by Gasteiger charge is 2.40. The van der Waals surface area contributed by atoms with Crippen molar-refractivity contribution >= 4 is 15.7 Å². The predicted molar refractivity (Wildman–Crippen MR) is 152 cm³/mol. The van der Waals surface area contributed by atoms with E-state index in [4.69, 9.17) is 4.74 Å². The van der Waals surface area contributed by atoms with Crippen molar-refractivity contribution < 1.29 is 18.3 Å². The van der Waals surface area contributed by atoms with Gasteiger partial charge < -0.3 is 14.7 Å². The average molecular weight is 525 g/mol. The fourth-order valence-corrected chi connectivity index (χ4v) is 5.93. The molecule has 0 radical (unpaired) electrons. The summed E-state index contributed by atoms with van der Waals surface area (Å²) >= 11 is 0. The summed E-state index contributed by atoms with van der Waals surface area (Å²) in [5.41, 5.74) is 1.76. The zero-order valence-corrected chi connectivity index (χ0v) is 23.4. The van der Waals surface area contributed by atoms with Gasteiger partial charge >= 0.3 is 0 Å². The lowest BCUT2D eigenvalue weighted by molar-refractivity contribution is 0.0476. The second kappa shape index (κ2) is 12.6. The van der Waals surface area contributed by atoms with Crippen molar-refractivity contribution in [2.24, 2.45) is 0 Å². The smallest absolute Gasteiger partial charge is 0.232 e. The number of rotatable bonds is 13.